The molecule has 7 heteroatoms. The van der Waals surface area contributed by atoms with Crippen molar-refractivity contribution in [2.75, 3.05) is 33.4 Å². The van der Waals surface area contributed by atoms with Crippen LogP contribution in [0.3, 0.4) is 0 Å². The standard InChI is InChI=1S/C19H27ClN2O4/c1-3-26-18-15(20)12-14(13-16(18)25-2)19(24)21-9-8-17(23)22-10-6-4-5-7-11-22/h12-13H,3-11H2,1-2H3,(H,21,24). The highest BCUT2D eigenvalue weighted by atomic mass is 35.5. The van der Waals surface area contributed by atoms with Crippen molar-refractivity contribution < 1.29 is 19.1 Å². The highest BCUT2D eigenvalue weighted by Gasteiger charge is 2.17. The van der Waals surface area contributed by atoms with Crippen LogP contribution in [0.2, 0.25) is 5.02 Å². The minimum atomic E-state index is -0.295. The van der Waals surface area contributed by atoms with Gasteiger partial charge in [0.2, 0.25) is 5.91 Å². The quantitative estimate of drug-likeness (QED) is 0.785. The van der Waals surface area contributed by atoms with Gasteiger partial charge in [0.15, 0.2) is 11.5 Å². The zero-order valence-electron chi connectivity index (χ0n) is 15.5. The molecule has 26 heavy (non-hydrogen) atoms. The van der Waals surface area contributed by atoms with E-state index < -0.39 is 0 Å². The Bertz CT molecular complexity index is 628. The Morgan fingerprint density at radius 2 is 1.88 bits per heavy atom. The number of hydrogen-bond acceptors (Lipinski definition) is 4. The van der Waals surface area contributed by atoms with Crippen molar-refractivity contribution >= 4 is 23.4 Å². The number of benzene rings is 1. The van der Waals surface area contributed by atoms with Crippen molar-refractivity contribution in [1.82, 2.24) is 10.2 Å². The van der Waals surface area contributed by atoms with E-state index in [1.54, 1.807) is 12.1 Å². The first kappa shape index (κ1) is 20.4. The molecule has 144 valence electrons. The lowest BCUT2D eigenvalue weighted by molar-refractivity contribution is -0.131. The van der Waals surface area contributed by atoms with Gasteiger partial charge in [0.1, 0.15) is 0 Å². The van der Waals surface area contributed by atoms with E-state index in [9.17, 15) is 9.59 Å². The molecule has 1 fully saturated rings. The molecule has 0 aromatic heterocycles. The van der Waals surface area contributed by atoms with E-state index in [0.29, 0.717) is 41.7 Å². The second-order valence-corrected chi connectivity index (χ2v) is 6.63. The number of likely N-dealkylation sites (tertiary alicyclic amines) is 1. The number of carbonyl (C=O) groups excluding carboxylic acids is 2. The van der Waals surface area contributed by atoms with Gasteiger partial charge in [-0.05, 0) is 31.9 Å². The molecular formula is C19H27ClN2O4. The summed E-state index contributed by atoms with van der Waals surface area (Å²) in [6.45, 7) is 4.22. The van der Waals surface area contributed by atoms with Gasteiger partial charge in [-0.3, -0.25) is 9.59 Å². The van der Waals surface area contributed by atoms with Crippen LogP contribution in [0.25, 0.3) is 0 Å². The lowest BCUT2D eigenvalue weighted by Gasteiger charge is -2.20. The third-order valence-corrected chi connectivity index (χ3v) is 4.64. The van der Waals surface area contributed by atoms with Gasteiger partial charge in [0.05, 0.1) is 18.7 Å². The van der Waals surface area contributed by atoms with E-state index >= 15 is 0 Å². The Morgan fingerprint density at radius 3 is 2.50 bits per heavy atom. The number of hydrogen-bond donors (Lipinski definition) is 1. The number of ether oxygens (including phenoxy) is 2. The van der Waals surface area contributed by atoms with E-state index in [1.807, 2.05) is 11.8 Å². The summed E-state index contributed by atoms with van der Waals surface area (Å²) in [4.78, 5) is 26.5. The van der Waals surface area contributed by atoms with Crippen LogP contribution < -0.4 is 14.8 Å². The number of carbonyl (C=O) groups is 2. The SMILES string of the molecule is CCOc1c(Cl)cc(C(=O)NCCC(=O)N2CCCCCC2)cc1OC. The second kappa shape index (κ2) is 10.3. The van der Waals surface area contributed by atoms with Gasteiger partial charge < -0.3 is 19.7 Å². The molecule has 0 aliphatic carbocycles. The molecule has 0 bridgehead atoms. The van der Waals surface area contributed by atoms with Crippen LogP contribution in [0.1, 0.15) is 49.4 Å². The summed E-state index contributed by atoms with van der Waals surface area (Å²) >= 11 is 6.19. The van der Waals surface area contributed by atoms with Gasteiger partial charge in [-0.25, -0.2) is 0 Å². The van der Waals surface area contributed by atoms with Crippen molar-refractivity contribution in [3.05, 3.63) is 22.7 Å². The maximum absolute atomic E-state index is 12.4. The van der Waals surface area contributed by atoms with Crippen molar-refractivity contribution in [2.24, 2.45) is 0 Å². The highest BCUT2D eigenvalue weighted by molar-refractivity contribution is 6.32. The van der Waals surface area contributed by atoms with Crippen molar-refractivity contribution in [1.29, 1.82) is 0 Å². The van der Waals surface area contributed by atoms with Crippen molar-refractivity contribution in [3.63, 3.8) is 0 Å². The summed E-state index contributed by atoms with van der Waals surface area (Å²) in [5.41, 5.74) is 0.373. The topological polar surface area (TPSA) is 67.9 Å². The molecule has 0 atom stereocenters. The molecule has 0 spiro atoms. The summed E-state index contributed by atoms with van der Waals surface area (Å²) in [6, 6.07) is 3.13. The first-order valence-corrected chi connectivity index (χ1v) is 9.51. The monoisotopic (exact) mass is 382 g/mol. The first-order valence-electron chi connectivity index (χ1n) is 9.13. The van der Waals surface area contributed by atoms with Gasteiger partial charge in [-0.2, -0.15) is 0 Å². The molecular weight excluding hydrogens is 356 g/mol. The van der Waals surface area contributed by atoms with Crippen LogP contribution in [-0.4, -0.2) is 50.1 Å². The van der Waals surface area contributed by atoms with Crippen LogP contribution in [-0.2, 0) is 4.79 Å². The summed E-state index contributed by atoms with van der Waals surface area (Å²) in [6.07, 6.45) is 4.78. The predicted octanol–water partition coefficient (Wildman–Crippen LogP) is 3.27. The molecule has 1 saturated heterocycles. The third-order valence-electron chi connectivity index (χ3n) is 4.36. The van der Waals surface area contributed by atoms with E-state index in [0.717, 1.165) is 25.9 Å². The van der Waals surface area contributed by atoms with Crippen LogP contribution in [0.4, 0.5) is 0 Å². The number of amides is 2. The molecule has 2 amide bonds. The fourth-order valence-electron chi connectivity index (χ4n) is 3.00. The van der Waals surface area contributed by atoms with E-state index in [-0.39, 0.29) is 11.8 Å². The molecule has 0 unspecified atom stereocenters. The van der Waals surface area contributed by atoms with E-state index in [1.165, 1.54) is 20.0 Å². The molecule has 1 aromatic carbocycles. The van der Waals surface area contributed by atoms with E-state index in [2.05, 4.69) is 5.32 Å². The molecule has 1 N–H and O–H groups in total. The lowest BCUT2D eigenvalue weighted by atomic mass is 10.2. The van der Waals surface area contributed by atoms with Crippen LogP contribution in [0, 0.1) is 0 Å². The molecule has 6 nitrogen and oxygen atoms in total. The van der Waals surface area contributed by atoms with Crippen LogP contribution in [0.15, 0.2) is 12.1 Å². The van der Waals surface area contributed by atoms with Crippen molar-refractivity contribution in [3.8, 4) is 11.5 Å². The number of nitrogens with one attached hydrogen (secondary N) is 1. The minimum absolute atomic E-state index is 0.0921. The highest BCUT2D eigenvalue weighted by Crippen LogP contribution is 2.36. The Labute approximate surface area is 159 Å². The Balaban J connectivity index is 1.91. The fourth-order valence-corrected chi connectivity index (χ4v) is 3.26. The van der Waals surface area contributed by atoms with Crippen LogP contribution >= 0.6 is 11.6 Å². The zero-order chi connectivity index (χ0) is 18.9. The van der Waals surface area contributed by atoms with Gasteiger partial charge in [-0.15, -0.1) is 0 Å². The van der Waals surface area contributed by atoms with Crippen molar-refractivity contribution in [2.45, 2.75) is 39.0 Å². The maximum atomic E-state index is 12.4. The molecule has 1 heterocycles. The number of rotatable bonds is 7. The second-order valence-electron chi connectivity index (χ2n) is 6.22. The predicted molar refractivity (Wildman–Crippen MR) is 101 cm³/mol. The van der Waals surface area contributed by atoms with Gasteiger partial charge >= 0.3 is 0 Å². The number of halogens is 1. The lowest BCUT2D eigenvalue weighted by Crippen LogP contribution is -2.35. The summed E-state index contributed by atoms with van der Waals surface area (Å²) in [5.74, 6) is 0.626. The molecule has 1 aliphatic heterocycles. The summed E-state index contributed by atoms with van der Waals surface area (Å²) in [7, 11) is 1.50. The van der Waals surface area contributed by atoms with Gasteiger partial charge in [0.25, 0.3) is 5.91 Å². The Morgan fingerprint density at radius 1 is 1.19 bits per heavy atom. The summed E-state index contributed by atoms with van der Waals surface area (Å²) < 4.78 is 10.7. The smallest absolute Gasteiger partial charge is 0.251 e. The first-order chi connectivity index (χ1) is 12.6. The summed E-state index contributed by atoms with van der Waals surface area (Å²) in [5, 5.41) is 3.09. The van der Waals surface area contributed by atoms with Crippen LogP contribution in [0.5, 0.6) is 11.5 Å². The largest absolute Gasteiger partial charge is 0.493 e. The molecule has 2 rings (SSSR count). The Kier molecular flexibility index (Phi) is 8.04. The van der Waals surface area contributed by atoms with Gasteiger partial charge in [-0.1, -0.05) is 24.4 Å². The fraction of sp³-hybridized carbons (Fsp3) is 0.579. The zero-order valence-corrected chi connectivity index (χ0v) is 16.2. The molecule has 0 radical (unpaired) electrons. The van der Waals surface area contributed by atoms with E-state index in [4.69, 9.17) is 21.1 Å². The minimum Gasteiger partial charge on any atom is -0.493 e. The molecule has 1 aromatic rings. The molecule has 0 saturated carbocycles. The average Bonchev–Trinajstić information content (AvgIpc) is 2.92. The normalized spacial score (nSPS) is 14.5. The Hall–Kier alpha value is -1.95. The maximum Gasteiger partial charge on any atom is 0.251 e. The third kappa shape index (κ3) is 5.53. The number of methoxy groups -OCH3 is 1. The average molecular weight is 383 g/mol. The molecule has 1 aliphatic rings. The number of nitrogens with zero attached hydrogens (tertiary/aromatic N) is 1. The van der Waals surface area contributed by atoms with Gasteiger partial charge in [0, 0.05) is 31.6 Å².